The van der Waals surface area contributed by atoms with Crippen LogP contribution in [0.2, 0.25) is 10.0 Å². The van der Waals surface area contributed by atoms with Gasteiger partial charge in [-0.05, 0) is 47.0 Å². The molecule has 2 N–H and O–H groups in total. The van der Waals surface area contributed by atoms with E-state index in [-0.39, 0.29) is 15.8 Å². The van der Waals surface area contributed by atoms with Crippen molar-refractivity contribution in [2.75, 3.05) is 5.32 Å². The lowest BCUT2D eigenvalue weighted by atomic mass is 10.0. The number of phenolic OH excluding ortho intramolecular Hbond substituents is 1. The third-order valence-electron chi connectivity index (χ3n) is 5.13. The van der Waals surface area contributed by atoms with Gasteiger partial charge in [0.15, 0.2) is 5.75 Å². The van der Waals surface area contributed by atoms with Gasteiger partial charge in [0, 0.05) is 17.8 Å². The number of benzene rings is 4. The molecule has 0 spiro atoms. The average Bonchev–Trinajstić information content (AvgIpc) is 2.75. The molecule has 4 aromatic rings. The van der Waals surface area contributed by atoms with Crippen LogP contribution in [0.25, 0.3) is 10.8 Å². The van der Waals surface area contributed by atoms with Crippen molar-refractivity contribution in [2.24, 2.45) is 0 Å². The van der Waals surface area contributed by atoms with Gasteiger partial charge in [-0.15, -0.1) is 0 Å². The first kappa shape index (κ1) is 20.4. The summed E-state index contributed by atoms with van der Waals surface area (Å²) in [6, 6.07) is 23.8. The number of hydrogen-bond acceptors (Lipinski definition) is 3. The van der Waals surface area contributed by atoms with Crippen LogP contribution in [0.3, 0.4) is 0 Å². The Bertz CT molecular complexity index is 1180. The molecule has 0 saturated heterocycles. The minimum atomic E-state index is -0.115. The Balaban J connectivity index is 1.64. The lowest BCUT2D eigenvalue weighted by Crippen LogP contribution is -2.05. The Morgan fingerprint density at radius 1 is 0.900 bits per heavy atom. The minimum Gasteiger partial charge on any atom is -0.505 e. The van der Waals surface area contributed by atoms with E-state index in [1.807, 2.05) is 30.3 Å². The lowest BCUT2D eigenvalue weighted by molar-refractivity contribution is 0.303. The summed E-state index contributed by atoms with van der Waals surface area (Å²) in [5, 5.41) is 15.8. The summed E-state index contributed by atoms with van der Waals surface area (Å²) in [6.45, 7) is 3.09. The number of anilines is 1. The number of fused-ring (bicyclic) bond motifs is 1. The molecule has 0 bridgehead atoms. The molecule has 0 aliphatic rings. The third-order valence-corrected chi connectivity index (χ3v) is 5.70. The number of aryl methyl sites for hydroxylation is 1. The standard InChI is InChI=1S/C25H21Cl2NO2/c1-16-6-2-3-8-18(16)15-30-24-11-10-17-7-4-5-9-20(17)21(24)14-28-19-12-22(26)25(29)23(27)13-19/h2-13,28-29H,14-15H2,1H3. The quantitative estimate of drug-likeness (QED) is 0.309. The highest BCUT2D eigenvalue weighted by atomic mass is 35.5. The number of hydrogen-bond donors (Lipinski definition) is 2. The molecule has 0 aliphatic heterocycles. The van der Waals surface area contributed by atoms with E-state index in [4.69, 9.17) is 27.9 Å². The van der Waals surface area contributed by atoms with E-state index in [0.29, 0.717) is 13.2 Å². The molecule has 0 aromatic heterocycles. The predicted octanol–water partition coefficient (Wildman–Crippen LogP) is 7.35. The highest BCUT2D eigenvalue weighted by Gasteiger charge is 2.12. The van der Waals surface area contributed by atoms with Gasteiger partial charge in [0.2, 0.25) is 0 Å². The van der Waals surface area contributed by atoms with E-state index in [1.54, 1.807) is 12.1 Å². The zero-order valence-corrected chi connectivity index (χ0v) is 18.0. The zero-order chi connectivity index (χ0) is 21.1. The monoisotopic (exact) mass is 437 g/mol. The fourth-order valence-corrected chi connectivity index (χ4v) is 3.91. The fourth-order valence-electron chi connectivity index (χ4n) is 3.42. The Hall–Kier alpha value is -2.88. The summed E-state index contributed by atoms with van der Waals surface area (Å²) in [5.74, 6) is 0.705. The smallest absolute Gasteiger partial charge is 0.152 e. The summed E-state index contributed by atoms with van der Waals surface area (Å²) in [7, 11) is 0. The van der Waals surface area contributed by atoms with Gasteiger partial charge in [0.1, 0.15) is 12.4 Å². The van der Waals surface area contributed by atoms with Gasteiger partial charge in [0.25, 0.3) is 0 Å². The van der Waals surface area contributed by atoms with Gasteiger partial charge >= 0.3 is 0 Å². The van der Waals surface area contributed by atoms with Crippen molar-refractivity contribution in [1.29, 1.82) is 0 Å². The average molecular weight is 438 g/mol. The molecule has 0 fully saturated rings. The van der Waals surface area contributed by atoms with Crippen molar-refractivity contribution in [1.82, 2.24) is 0 Å². The van der Waals surface area contributed by atoms with Crippen molar-refractivity contribution in [3.63, 3.8) is 0 Å². The molecule has 5 heteroatoms. The number of nitrogens with one attached hydrogen (secondary N) is 1. The zero-order valence-electron chi connectivity index (χ0n) is 16.5. The van der Waals surface area contributed by atoms with E-state index >= 15 is 0 Å². The lowest BCUT2D eigenvalue weighted by Gasteiger charge is -2.17. The van der Waals surface area contributed by atoms with Crippen LogP contribution in [0.4, 0.5) is 5.69 Å². The Morgan fingerprint density at radius 3 is 2.37 bits per heavy atom. The summed E-state index contributed by atoms with van der Waals surface area (Å²) in [5.41, 5.74) is 4.12. The van der Waals surface area contributed by atoms with Gasteiger partial charge in [-0.1, -0.05) is 77.8 Å². The molecule has 0 unspecified atom stereocenters. The normalized spacial score (nSPS) is 10.9. The van der Waals surface area contributed by atoms with E-state index in [1.165, 1.54) is 5.56 Å². The molecule has 152 valence electrons. The molecule has 0 amide bonds. The maximum Gasteiger partial charge on any atom is 0.152 e. The van der Waals surface area contributed by atoms with Crippen LogP contribution in [0, 0.1) is 6.92 Å². The summed E-state index contributed by atoms with van der Waals surface area (Å²) in [4.78, 5) is 0. The number of halogens is 2. The maximum atomic E-state index is 9.79. The molecule has 0 heterocycles. The number of phenols is 1. The molecule has 4 rings (SSSR count). The van der Waals surface area contributed by atoms with E-state index in [2.05, 4.69) is 42.6 Å². The second-order valence-corrected chi connectivity index (χ2v) is 7.94. The summed E-state index contributed by atoms with van der Waals surface area (Å²) < 4.78 is 6.24. The van der Waals surface area contributed by atoms with Crippen LogP contribution in [0.15, 0.2) is 72.8 Å². The van der Waals surface area contributed by atoms with Crippen molar-refractivity contribution in [3.05, 3.63) is 99.5 Å². The van der Waals surface area contributed by atoms with E-state index in [0.717, 1.165) is 33.3 Å². The number of ether oxygens (including phenoxy) is 1. The van der Waals surface area contributed by atoms with E-state index in [9.17, 15) is 5.11 Å². The van der Waals surface area contributed by atoms with Crippen molar-refractivity contribution in [3.8, 4) is 11.5 Å². The van der Waals surface area contributed by atoms with Crippen molar-refractivity contribution in [2.45, 2.75) is 20.1 Å². The van der Waals surface area contributed by atoms with Crippen LogP contribution in [0.5, 0.6) is 11.5 Å². The first-order valence-corrected chi connectivity index (χ1v) is 10.4. The SMILES string of the molecule is Cc1ccccc1COc1ccc2ccccc2c1CNc1cc(Cl)c(O)c(Cl)c1. The highest BCUT2D eigenvalue weighted by Crippen LogP contribution is 2.35. The molecule has 30 heavy (non-hydrogen) atoms. The summed E-state index contributed by atoms with van der Waals surface area (Å²) in [6.07, 6.45) is 0. The molecule has 0 saturated carbocycles. The molecule has 4 aromatic carbocycles. The molecule has 0 atom stereocenters. The first-order valence-electron chi connectivity index (χ1n) is 9.63. The van der Waals surface area contributed by atoms with Crippen LogP contribution in [0.1, 0.15) is 16.7 Å². The number of aromatic hydroxyl groups is 1. The third kappa shape index (κ3) is 4.33. The van der Waals surface area contributed by atoms with Crippen molar-refractivity contribution < 1.29 is 9.84 Å². The predicted molar refractivity (Wildman–Crippen MR) is 125 cm³/mol. The van der Waals surface area contributed by atoms with Gasteiger partial charge in [-0.3, -0.25) is 0 Å². The molecule has 0 radical (unpaired) electrons. The van der Waals surface area contributed by atoms with Crippen molar-refractivity contribution >= 4 is 39.7 Å². The molecular formula is C25H21Cl2NO2. The molecule has 3 nitrogen and oxygen atoms in total. The second kappa shape index (κ2) is 8.86. The fraction of sp³-hybridized carbons (Fsp3) is 0.120. The van der Waals surface area contributed by atoms with Crippen LogP contribution >= 0.6 is 23.2 Å². The summed E-state index contributed by atoms with van der Waals surface area (Å²) >= 11 is 12.1. The largest absolute Gasteiger partial charge is 0.505 e. The van der Waals surface area contributed by atoms with Crippen LogP contribution < -0.4 is 10.1 Å². The minimum absolute atomic E-state index is 0.115. The molecular weight excluding hydrogens is 417 g/mol. The second-order valence-electron chi connectivity index (χ2n) is 7.12. The number of rotatable bonds is 6. The van der Waals surface area contributed by atoms with E-state index < -0.39 is 0 Å². The van der Waals surface area contributed by atoms with Gasteiger partial charge in [-0.25, -0.2) is 0 Å². The Kier molecular flexibility index (Phi) is 6.03. The first-order chi connectivity index (χ1) is 14.5. The highest BCUT2D eigenvalue weighted by molar-refractivity contribution is 6.37. The topological polar surface area (TPSA) is 41.5 Å². The Morgan fingerprint density at radius 2 is 1.60 bits per heavy atom. The molecule has 0 aliphatic carbocycles. The van der Waals surface area contributed by atoms with Crippen LogP contribution in [-0.2, 0) is 13.2 Å². The van der Waals surface area contributed by atoms with Crippen LogP contribution in [-0.4, -0.2) is 5.11 Å². The van der Waals surface area contributed by atoms with Gasteiger partial charge in [0.05, 0.1) is 10.0 Å². The van der Waals surface area contributed by atoms with Gasteiger partial charge < -0.3 is 15.2 Å². The Labute approximate surface area is 185 Å². The van der Waals surface area contributed by atoms with Gasteiger partial charge in [-0.2, -0.15) is 0 Å². The maximum absolute atomic E-state index is 9.79.